The number of aromatic nitrogens is 2. The van der Waals surface area contributed by atoms with Gasteiger partial charge in [-0.2, -0.15) is 0 Å². The van der Waals surface area contributed by atoms with Gasteiger partial charge in [-0.15, -0.1) is 0 Å². The summed E-state index contributed by atoms with van der Waals surface area (Å²) in [6.45, 7) is 7.03. The van der Waals surface area contributed by atoms with Crippen LogP contribution in [0.25, 0.3) is 0 Å². The van der Waals surface area contributed by atoms with Gasteiger partial charge in [0.2, 0.25) is 0 Å². The number of carbonyl (C=O) groups excluding carboxylic acids is 1. The number of benzene rings is 1. The van der Waals surface area contributed by atoms with Crippen LogP contribution in [0.1, 0.15) is 35.7 Å². The molecule has 2 aromatic rings. The molecule has 0 aliphatic heterocycles. The number of para-hydroxylation sites is 1. The molecular formula is C18H24N4O2. The summed E-state index contributed by atoms with van der Waals surface area (Å²) in [5, 5.41) is 6.09. The fourth-order valence-corrected chi connectivity index (χ4v) is 2.20. The Hall–Kier alpha value is -2.63. The van der Waals surface area contributed by atoms with Crippen molar-refractivity contribution in [2.75, 3.05) is 19.0 Å². The van der Waals surface area contributed by atoms with Crippen LogP contribution in [0.3, 0.4) is 0 Å². The van der Waals surface area contributed by atoms with Crippen molar-refractivity contribution in [1.82, 2.24) is 15.3 Å². The molecule has 0 saturated carbocycles. The molecule has 0 bridgehead atoms. The van der Waals surface area contributed by atoms with Crippen LogP contribution in [0.4, 0.5) is 5.82 Å². The molecule has 1 aromatic carbocycles. The van der Waals surface area contributed by atoms with E-state index in [1.54, 1.807) is 20.1 Å². The lowest BCUT2D eigenvalue weighted by Gasteiger charge is -2.12. The largest absolute Gasteiger partial charge is 0.496 e. The van der Waals surface area contributed by atoms with Crippen LogP contribution >= 0.6 is 0 Å². The number of carbonyl (C=O) groups is 1. The molecule has 0 saturated heterocycles. The second-order valence-corrected chi connectivity index (χ2v) is 5.95. The van der Waals surface area contributed by atoms with E-state index < -0.39 is 0 Å². The maximum atomic E-state index is 12.2. The first-order chi connectivity index (χ1) is 11.5. The Balaban J connectivity index is 2.09. The minimum absolute atomic E-state index is 0.186. The molecule has 2 rings (SSSR count). The fraction of sp³-hybridized carbons (Fsp3) is 0.389. The molecule has 0 radical (unpaired) electrons. The van der Waals surface area contributed by atoms with Gasteiger partial charge in [0.1, 0.15) is 23.1 Å². The Bertz CT molecular complexity index is 701. The zero-order valence-corrected chi connectivity index (χ0v) is 14.6. The summed E-state index contributed by atoms with van der Waals surface area (Å²) in [4.78, 5) is 20.7. The first-order valence-corrected chi connectivity index (χ1v) is 7.99. The highest BCUT2D eigenvalue weighted by Gasteiger charge is 2.11. The van der Waals surface area contributed by atoms with Crippen molar-refractivity contribution in [3.63, 3.8) is 0 Å². The minimum Gasteiger partial charge on any atom is -0.496 e. The highest BCUT2D eigenvalue weighted by Crippen LogP contribution is 2.18. The average Bonchev–Trinajstić information content (AvgIpc) is 2.57. The molecule has 1 amide bonds. The quantitative estimate of drug-likeness (QED) is 0.817. The Morgan fingerprint density at radius 2 is 2.00 bits per heavy atom. The second kappa shape index (κ2) is 8.29. The van der Waals surface area contributed by atoms with E-state index in [2.05, 4.69) is 20.6 Å². The van der Waals surface area contributed by atoms with Crippen molar-refractivity contribution < 1.29 is 9.53 Å². The van der Waals surface area contributed by atoms with E-state index in [4.69, 9.17) is 4.74 Å². The van der Waals surface area contributed by atoms with Crippen molar-refractivity contribution in [3.8, 4) is 5.75 Å². The molecular weight excluding hydrogens is 304 g/mol. The zero-order chi connectivity index (χ0) is 17.5. The van der Waals surface area contributed by atoms with Gasteiger partial charge in [0.25, 0.3) is 5.91 Å². The SMILES string of the molecule is COc1ccccc1CNc1cc(C(=O)NCC(C)C)nc(C)n1. The van der Waals surface area contributed by atoms with Crippen molar-refractivity contribution in [2.24, 2.45) is 5.92 Å². The minimum atomic E-state index is -0.186. The molecule has 0 unspecified atom stereocenters. The van der Waals surface area contributed by atoms with Crippen molar-refractivity contribution in [2.45, 2.75) is 27.3 Å². The van der Waals surface area contributed by atoms with Crippen molar-refractivity contribution in [3.05, 3.63) is 47.4 Å². The van der Waals surface area contributed by atoms with Crippen LogP contribution < -0.4 is 15.4 Å². The van der Waals surface area contributed by atoms with Gasteiger partial charge in [-0.05, 0) is 18.9 Å². The zero-order valence-electron chi connectivity index (χ0n) is 14.6. The maximum Gasteiger partial charge on any atom is 0.270 e. The highest BCUT2D eigenvalue weighted by atomic mass is 16.5. The summed E-state index contributed by atoms with van der Waals surface area (Å²) in [6, 6.07) is 9.44. The Labute approximate surface area is 142 Å². The van der Waals surface area contributed by atoms with Gasteiger partial charge < -0.3 is 15.4 Å². The molecule has 6 heteroatoms. The number of ether oxygens (including phenoxy) is 1. The summed E-state index contributed by atoms with van der Waals surface area (Å²) < 4.78 is 5.34. The van der Waals surface area contributed by atoms with Gasteiger partial charge in [-0.3, -0.25) is 4.79 Å². The van der Waals surface area contributed by atoms with Crippen LogP contribution in [0, 0.1) is 12.8 Å². The van der Waals surface area contributed by atoms with E-state index in [1.807, 2.05) is 38.1 Å². The number of rotatable bonds is 7. The molecule has 0 aliphatic rings. The topological polar surface area (TPSA) is 76.1 Å². The highest BCUT2D eigenvalue weighted by molar-refractivity contribution is 5.92. The van der Waals surface area contributed by atoms with Gasteiger partial charge >= 0.3 is 0 Å². The third-order valence-corrected chi connectivity index (χ3v) is 3.39. The average molecular weight is 328 g/mol. The number of amides is 1. The summed E-state index contributed by atoms with van der Waals surface area (Å²) >= 11 is 0. The normalized spacial score (nSPS) is 10.5. The van der Waals surface area contributed by atoms with E-state index in [-0.39, 0.29) is 5.91 Å². The first kappa shape index (κ1) is 17.7. The number of nitrogens with zero attached hydrogens (tertiary/aromatic N) is 2. The number of anilines is 1. The molecule has 1 aromatic heterocycles. The Morgan fingerprint density at radius 1 is 1.25 bits per heavy atom. The van der Waals surface area contributed by atoms with Crippen molar-refractivity contribution in [1.29, 1.82) is 0 Å². The number of aryl methyl sites for hydroxylation is 1. The van der Waals surface area contributed by atoms with Gasteiger partial charge in [0, 0.05) is 24.7 Å². The predicted octanol–water partition coefficient (Wildman–Crippen LogP) is 2.79. The third-order valence-electron chi connectivity index (χ3n) is 3.39. The molecule has 1 heterocycles. The monoisotopic (exact) mass is 328 g/mol. The van der Waals surface area contributed by atoms with Gasteiger partial charge in [0.15, 0.2) is 0 Å². The van der Waals surface area contributed by atoms with E-state index in [1.165, 1.54) is 0 Å². The maximum absolute atomic E-state index is 12.2. The first-order valence-electron chi connectivity index (χ1n) is 7.99. The molecule has 0 aliphatic carbocycles. The molecule has 0 spiro atoms. The van der Waals surface area contributed by atoms with Crippen LogP contribution in [-0.2, 0) is 6.54 Å². The van der Waals surface area contributed by atoms with E-state index in [0.717, 1.165) is 11.3 Å². The van der Waals surface area contributed by atoms with E-state index in [0.29, 0.717) is 36.3 Å². The van der Waals surface area contributed by atoms with Crippen LogP contribution in [0.2, 0.25) is 0 Å². The molecule has 2 N–H and O–H groups in total. The van der Waals surface area contributed by atoms with E-state index in [9.17, 15) is 4.79 Å². The van der Waals surface area contributed by atoms with Gasteiger partial charge in [-0.25, -0.2) is 9.97 Å². The molecule has 24 heavy (non-hydrogen) atoms. The van der Waals surface area contributed by atoms with Crippen LogP contribution in [-0.4, -0.2) is 29.5 Å². The number of nitrogens with one attached hydrogen (secondary N) is 2. The van der Waals surface area contributed by atoms with Crippen molar-refractivity contribution >= 4 is 11.7 Å². The Kier molecular flexibility index (Phi) is 6.12. The molecule has 0 atom stereocenters. The van der Waals surface area contributed by atoms with E-state index >= 15 is 0 Å². The lowest BCUT2D eigenvalue weighted by atomic mass is 10.2. The van der Waals surface area contributed by atoms with Crippen LogP contribution in [0.15, 0.2) is 30.3 Å². The number of hydrogen-bond acceptors (Lipinski definition) is 5. The molecule has 128 valence electrons. The van der Waals surface area contributed by atoms with Gasteiger partial charge in [0.05, 0.1) is 7.11 Å². The number of hydrogen-bond donors (Lipinski definition) is 2. The molecule has 6 nitrogen and oxygen atoms in total. The smallest absolute Gasteiger partial charge is 0.270 e. The second-order valence-electron chi connectivity index (χ2n) is 5.95. The van der Waals surface area contributed by atoms with Gasteiger partial charge in [-0.1, -0.05) is 32.0 Å². The number of methoxy groups -OCH3 is 1. The molecule has 0 fully saturated rings. The predicted molar refractivity (Wildman–Crippen MR) is 94.3 cm³/mol. The lowest BCUT2D eigenvalue weighted by molar-refractivity contribution is 0.0943. The summed E-state index contributed by atoms with van der Waals surface area (Å²) in [5.41, 5.74) is 1.38. The third kappa shape index (κ3) is 4.94. The fourth-order valence-electron chi connectivity index (χ4n) is 2.20. The Morgan fingerprint density at radius 3 is 2.71 bits per heavy atom. The summed E-state index contributed by atoms with van der Waals surface area (Å²) in [5.74, 6) is 2.18. The lowest BCUT2D eigenvalue weighted by Crippen LogP contribution is -2.28. The summed E-state index contributed by atoms with van der Waals surface area (Å²) in [7, 11) is 1.64. The summed E-state index contributed by atoms with van der Waals surface area (Å²) in [6.07, 6.45) is 0. The standard InChI is InChI=1S/C18H24N4O2/c1-12(2)10-20-18(23)15-9-17(22-13(3)21-15)19-11-14-7-5-6-8-16(14)24-4/h5-9,12H,10-11H2,1-4H3,(H,20,23)(H,19,21,22). The van der Waals surface area contributed by atoms with Crippen LogP contribution in [0.5, 0.6) is 5.75 Å².